The van der Waals surface area contributed by atoms with Crippen LogP contribution in [-0.4, -0.2) is 16.0 Å². The molecule has 0 fully saturated rings. The van der Waals surface area contributed by atoms with Gasteiger partial charge in [-0.15, -0.1) is 0 Å². The van der Waals surface area contributed by atoms with Crippen LogP contribution in [-0.2, 0) is 6.18 Å². The number of hydrogen-bond acceptors (Lipinski definition) is 3. The molecule has 1 aromatic carbocycles. The molecule has 2 aromatic rings. The van der Waals surface area contributed by atoms with Crippen molar-refractivity contribution in [3.63, 3.8) is 0 Å². The summed E-state index contributed by atoms with van der Waals surface area (Å²) < 4.78 is 37.6. The molecule has 0 aliphatic heterocycles. The Labute approximate surface area is 155 Å². The van der Waals surface area contributed by atoms with Crippen LogP contribution in [0.1, 0.15) is 16.1 Å². The van der Waals surface area contributed by atoms with Crippen molar-refractivity contribution in [3.05, 3.63) is 57.8 Å². The van der Waals surface area contributed by atoms with Crippen LogP contribution in [0.5, 0.6) is 0 Å². The number of alkyl halides is 3. The van der Waals surface area contributed by atoms with E-state index >= 15 is 0 Å². The second kappa shape index (κ2) is 7.85. The fourth-order valence-corrected chi connectivity index (χ4v) is 2.18. The minimum Gasteiger partial charge on any atom is -0.331 e. The van der Waals surface area contributed by atoms with Gasteiger partial charge in [0.05, 0.1) is 10.6 Å². The van der Waals surface area contributed by atoms with Gasteiger partial charge in [0.25, 0.3) is 5.91 Å². The van der Waals surface area contributed by atoms with Crippen molar-refractivity contribution in [2.24, 2.45) is 0 Å². The predicted octanol–water partition coefficient (Wildman–Crippen LogP) is 4.04. The Morgan fingerprint density at radius 2 is 1.76 bits per heavy atom. The normalized spacial score (nSPS) is 10.9. The second-order valence-corrected chi connectivity index (χ2v) is 5.84. The number of aromatic nitrogens is 1. The van der Waals surface area contributed by atoms with E-state index in [4.69, 9.17) is 35.4 Å². The Morgan fingerprint density at radius 1 is 1.12 bits per heavy atom. The number of thiocarbonyl (C=S) groups is 1. The van der Waals surface area contributed by atoms with Gasteiger partial charge in [0.15, 0.2) is 5.11 Å². The molecule has 0 bridgehead atoms. The summed E-state index contributed by atoms with van der Waals surface area (Å²) >= 11 is 16.4. The quantitative estimate of drug-likeness (QED) is 0.516. The summed E-state index contributed by atoms with van der Waals surface area (Å²) in [5.41, 5.74) is 3.75. The molecule has 0 spiro atoms. The Kier molecular flexibility index (Phi) is 6.04. The van der Waals surface area contributed by atoms with E-state index in [2.05, 4.69) is 21.2 Å². The average molecular weight is 409 g/mol. The molecular weight excluding hydrogens is 400 g/mol. The van der Waals surface area contributed by atoms with Gasteiger partial charge in [0, 0.05) is 16.9 Å². The van der Waals surface area contributed by atoms with Crippen LogP contribution < -0.4 is 16.2 Å². The molecule has 5 nitrogen and oxygen atoms in total. The van der Waals surface area contributed by atoms with Crippen LogP contribution >= 0.6 is 35.4 Å². The lowest BCUT2D eigenvalue weighted by Gasteiger charge is -2.12. The molecule has 0 atom stereocenters. The largest absolute Gasteiger partial charge is 0.417 e. The first-order valence-electron chi connectivity index (χ1n) is 6.52. The number of hydrazine groups is 1. The standard InChI is InChI=1S/C14H9Cl2F3N4OS/c15-8-1-3-9(4-2-8)21-13(25)23-22-12(24)11-10(16)5-7(6-20-11)14(17,18)19/h1-6H,(H,22,24)(H2,21,23,25). The molecule has 0 aliphatic carbocycles. The molecule has 0 saturated heterocycles. The summed E-state index contributed by atoms with van der Waals surface area (Å²) in [7, 11) is 0. The Bertz CT molecular complexity index is 800. The van der Waals surface area contributed by atoms with Crippen molar-refractivity contribution in [1.82, 2.24) is 15.8 Å². The van der Waals surface area contributed by atoms with Crippen LogP contribution in [0.4, 0.5) is 18.9 Å². The van der Waals surface area contributed by atoms with Gasteiger partial charge < -0.3 is 5.32 Å². The Balaban J connectivity index is 1.95. The van der Waals surface area contributed by atoms with E-state index in [-0.39, 0.29) is 10.8 Å². The number of pyridine rings is 1. The Morgan fingerprint density at radius 3 is 2.32 bits per heavy atom. The van der Waals surface area contributed by atoms with Crippen LogP contribution in [0.15, 0.2) is 36.5 Å². The summed E-state index contributed by atoms with van der Waals surface area (Å²) in [4.78, 5) is 15.4. The van der Waals surface area contributed by atoms with E-state index < -0.39 is 22.7 Å². The monoisotopic (exact) mass is 408 g/mol. The van der Waals surface area contributed by atoms with Gasteiger partial charge in [0.2, 0.25) is 0 Å². The highest BCUT2D eigenvalue weighted by atomic mass is 35.5. The first-order valence-corrected chi connectivity index (χ1v) is 7.69. The lowest BCUT2D eigenvalue weighted by atomic mass is 10.2. The van der Waals surface area contributed by atoms with Crippen molar-refractivity contribution in [1.29, 1.82) is 0 Å². The molecule has 1 amide bonds. The molecule has 0 aliphatic rings. The van der Waals surface area contributed by atoms with Crippen molar-refractivity contribution < 1.29 is 18.0 Å². The summed E-state index contributed by atoms with van der Waals surface area (Å²) in [5.74, 6) is -0.848. The van der Waals surface area contributed by atoms with E-state index in [0.717, 1.165) is 0 Å². The lowest BCUT2D eigenvalue weighted by molar-refractivity contribution is -0.137. The Hall–Kier alpha value is -2.10. The minimum absolute atomic E-state index is 0.0405. The second-order valence-electron chi connectivity index (χ2n) is 4.59. The third kappa shape index (κ3) is 5.45. The molecule has 1 aromatic heterocycles. The first-order chi connectivity index (χ1) is 11.7. The van der Waals surface area contributed by atoms with Crippen molar-refractivity contribution >= 4 is 52.1 Å². The summed E-state index contributed by atoms with van der Waals surface area (Å²) in [5, 5.41) is 2.91. The summed E-state index contributed by atoms with van der Waals surface area (Å²) in [6.45, 7) is 0. The zero-order valence-electron chi connectivity index (χ0n) is 12.1. The number of amides is 1. The van der Waals surface area contributed by atoms with Gasteiger partial charge >= 0.3 is 6.18 Å². The van der Waals surface area contributed by atoms with Gasteiger partial charge in [-0.05, 0) is 42.5 Å². The van der Waals surface area contributed by atoms with Crippen LogP contribution in [0.25, 0.3) is 0 Å². The zero-order chi connectivity index (χ0) is 18.6. The minimum atomic E-state index is -4.60. The number of carbonyl (C=O) groups is 1. The molecule has 25 heavy (non-hydrogen) atoms. The third-order valence-electron chi connectivity index (χ3n) is 2.78. The number of carbonyl (C=O) groups excluding carboxylic acids is 1. The van der Waals surface area contributed by atoms with E-state index in [1.807, 2.05) is 0 Å². The lowest BCUT2D eigenvalue weighted by Crippen LogP contribution is -2.44. The summed E-state index contributed by atoms with van der Waals surface area (Å²) in [6, 6.07) is 7.21. The van der Waals surface area contributed by atoms with Crippen LogP contribution in [0, 0.1) is 0 Å². The number of nitrogens with one attached hydrogen (secondary N) is 3. The predicted molar refractivity (Wildman–Crippen MR) is 92.5 cm³/mol. The molecule has 2 rings (SSSR count). The highest BCUT2D eigenvalue weighted by Crippen LogP contribution is 2.30. The maximum absolute atomic E-state index is 12.5. The number of hydrogen-bond donors (Lipinski definition) is 3. The smallest absolute Gasteiger partial charge is 0.331 e. The van der Waals surface area contributed by atoms with Gasteiger partial charge in [-0.3, -0.25) is 15.6 Å². The SMILES string of the molecule is O=C(NNC(=S)Nc1ccc(Cl)cc1)c1ncc(C(F)(F)F)cc1Cl. The van der Waals surface area contributed by atoms with Crippen molar-refractivity contribution in [2.75, 3.05) is 5.32 Å². The average Bonchev–Trinajstić information content (AvgIpc) is 2.54. The van der Waals surface area contributed by atoms with E-state index in [0.29, 0.717) is 23.0 Å². The number of rotatable bonds is 2. The van der Waals surface area contributed by atoms with E-state index in [9.17, 15) is 18.0 Å². The number of halogens is 5. The molecule has 0 radical (unpaired) electrons. The molecular formula is C14H9Cl2F3N4OS. The van der Waals surface area contributed by atoms with Gasteiger partial charge in [-0.1, -0.05) is 23.2 Å². The first kappa shape index (κ1) is 19.2. The van der Waals surface area contributed by atoms with Gasteiger partial charge in [-0.2, -0.15) is 13.2 Å². The number of anilines is 1. The van der Waals surface area contributed by atoms with Crippen molar-refractivity contribution in [3.8, 4) is 0 Å². The highest BCUT2D eigenvalue weighted by Gasteiger charge is 2.32. The summed E-state index contributed by atoms with van der Waals surface area (Å²) in [6.07, 6.45) is -4.08. The molecule has 0 saturated carbocycles. The van der Waals surface area contributed by atoms with Crippen LogP contribution in [0.2, 0.25) is 10.0 Å². The maximum Gasteiger partial charge on any atom is 0.417 e. The van der Waals surface area contributed by atoms with Gasteiger partial charge in [0.1, 0.15) is 5.69 Å². The van der Waals surface area contributed by atoms with Crippen LogP contribution in [0.3, 0.4) is 0 Å². The van der Waals surface area contributed by atoms with Gasteiger partial charge in [-0.25, -0.2) is 4.98 Å². The van der Waals surface area contributed by atoms with Crippen molar-refractivity contribution in [2.45, 2.75) is 6.18 Å². The number of nitrogens with zero attached hydrogens (tertiary/aromatic N) is 1. The third-order valence-corrected chi connectivity index (χ3v) is 3.52. The fraction of sp³-hybridized carbons (Fsp3) is 0.0714. The topological polar surface area (TPSA) is 66.1 Å². The molecule has 11 heteroatoms. The molecule has 132 valence electrons. The number of benzene rings is 1. The highest BCUT2D eigenvalue weighted by molar-refractivity contribution is 7.80. The maximum atomic E-state index is 12.5. The molecule has 1 heterocycles. The fourth-order valence-electron chi connectivity index (χ4n) is 1.63. The van der Waals surface area contributed by atoms with E-state index in [1.54, 1.807) is 24.3 Å². The molecule has 3 N–H and O–H groups in total. The molecule has 0 unspecified atom stereocenters. The van der Waals surface area contributed by atoms with E-state index in [1.165, 1.54) is 0 Å². The zero-order valence-corrected chi connectivity index (χ0v) is 14.4.